The summed E-state index contributed by atoms with van der Waals surface area (Å²) in [5.74, 6) is 0.699. The van der Waals surface area contributed by atoms with Gasteiger partial charge in [-0.2, -0.15) is 0 Å². The van der Waals surface area contributed by atoms with Gasteiger partial charge in [-0.05, 0) is 6.07 Å². The van der Waals surface area contributed by atoms with Crippen molar-refractivity contribution in [2.75, 3.05) is 13.1 Å². The smallest absolute Gasteiger partial charge is 0.323 e. The van der Waals surface area contributed by atoms with Crippen molar-refractivity contribution in [3.05, 3.63) is 34.2 Å². The molecule has 2 aromatic rings. The molecule has 2 rings (SSSR count). The minimum Gasteiger partial charge on any atom is -0.480 e. The number of carbonyl (C=O) groups excluding carboxylic acids is 1. The highest BCUT2D eigenvalue weighted by molar-refractivity contribution is 7.21. The van der Waals surface area contributed by atoms with Crippen molar-refractivity contribution in [2.45, 2.75) is 0 Å². The van der Waals surface area contributed by atoms with Gasteiger partial charge in [0, 0.05) is 10.1 Å². The van der Waals surface area contributed by atoms with Crippen LogP contribution in [0.3, 0.4) is 0 Å². The highest BCUT2D eigenvalue weighted by Gasteiger charge is 2.23. The topological polar surface area (TPSA) is 57.6 Å². The monoisotopic (exact) mass is 307 g/mol. The predicted octanol–water partition coefficient (Wildman–Crippen LogP) is 2.71. The van der Waals surface area contributed by atoms with Gasteiger partial charge in [-0.3, -0.25) is 9.59 Å². The van der Waals surface area contributed by atoms with E-state index in [9.17, 15) is 9.59 Å². The van der Waals surface area contributed by atoms with E-state index in [1.807, 2.05) is 24.3 Å². The molecule has 4 nitrogen and oxygen atoms in total. The first kappa shape index (κ1) is 14.4. The van der Waals surface area contributed by atoms with Crippen LogP contribution in [-0.4, -0.2) is 35.0 Å². The Bertz CT molecular complexity index is 717. The van der Waals surface area contributed by atoms with Crippen LogP contribution < -0.4 is 0 Å². The van der Waals surface area contributed by atoms with Crippen LogP contribution >= 0.6 is 22.9 Å². The molecule has 20 heavy (non-hydrogen) atoms. The van der Waals surface area contributed by atoms with Crippen LogP contribution in [0.15, 0.2) is 24.3 Å². The third-order valence-corrected chi connectivity index (χ3v) is 4.29. The molecular weight excluding hydrogens is 298 g/mol. The molecule has 0 atom stereocenters. The normalized spacial score (nSPS) is 10.2. The highest BCUT2D eigenvalue weighted by Crippen LogP contribution is 2.35. The van der Waals surface area contributed by atoms with Gasteiger partial charge >= 0.3 is 5.97 Å². The number of nitrogens with zero attached hydrogens (tertiary/aromatic N) is 1. The first-order chi connectivity index (χ1) is 9.54. The fourth-order valence-electron chi connectivity index (χ4n) is 1.77. The fraction of sp³-hybridized carbons (Fsp3) is 0.143. The molecule has 0 radical (unpaired) electrons. The van der Waals surface area contributed by atoms with Crippen molar-refractivity contribution in [3.8, 4) is 12.3 Å². The van der Waals surface area contributed by atoms with Crippen molar-refractivity contribution in [1.82, 2.24) is 4.90 Å². The number of benzene rings is 1. The molecule has 1 heterocycles. The molecule has 0 spiro atoms. The second-order valence-corrected chi connectivity index (χ2v) is 5.43. The zero-order valence-corrected chi connectivity index (χ0v) is 11.9. The summed E-state index contributed by atoms with van der Waals surface area (Å²) >= 11 is 7.43. The van der Waals surface area contributed by atoms with Gasteiger partial charge in [0.1, 0.15) is 11.4 Å². The SMILES string of the molecule is C#CCN(CC(=O)O)C(=O)c1sc2ccccc2c1Cl. The number of thiophene rings is 1. The Balaban J connectivity index is 2.41. The number of rotatable bonds is 4. The Kier molecular flexibility index (Phi) is 4.28. The average Bonchev–Trinajstić information content (AvgIpc) is 2.75. The Labute approximate surface area is 124 Å². The number of carboxylic acids is 1. The number of terminal acetylenes is 1. The minimum atomic E-state index is -1.12. The fourth-order valence-corrected chi connectivity index (χ4v) is 3.25. The molecule has 6 heteroatoms. The van der Waals surface area contributed by atoms with E-state index in [0.717, 1.165) is 15.0 Å². The molecule has 0 saturated heterocycles. The second kappa shape index (κ2) is 5.95. The van der Waals surface area contributed by atoms with Crippen LogP contribution in [0.25, 0.3) is 10.1 Å². The Morgan fingerprint density at radius 2 is 2.10 bits per heavy atom. The molecule has 0 aliphatic rings. The van der Waals surface area contributed by atoms with E-state index in [2.05, 4.69) is 5.92 Å². The van der Waals surface area contributed by atoms with Crippen LogP contribution in [0.2, 0.25) is 5.02 Å². The first-order valence-corrected chi connectivity index (χ1v) is 6.85. The zero-order chi connectivity index (χ0) is 14.7. The molecule has 1 aromatic carbocycles. The summed E-state index contributed by atoms with van der Waals surface area (Å²) in [7, 11) is 0. The van der Waals surface area contributed by atoms with E-state index in [4.69, 9.17) is 23.1 Å². The van der Waals surface area contributed by atoms with Crippen LogP contribution in [-0.2, 0) is 4.79 Å². The summed E-state index contributed by atoms with van der Waals surface area (Å²) in [6, 6.07) is 7.34. The van der Waals surface area contributed by atoms with E-state index in [1.54, 1.807) is 0 Å². The van der Waals surface area contributed by atoms with Gasteiger partial charge in [0.25, 0.3) is 5.91 Å². The lowest BCUT2D eigenvalue weighted by Crippen LogP contribution is -2.35. The summed E-state index contributed by atoms with van der Waals surface area (Å²) in [6.07, 6.45) is 5.17. The van der Waals surface area contributed by atoms with Crippen molar-refractivity contribution in [1.29, 1.82) is 0 Å². The standard InChI is InChI=1S/C14H10ClNO3S/c1-2-7-16(8-11(17)18)14(19)13-12(15)9-5-3-4-6-10(9)20-13/h1,3-6H,7-8H2,(H,17,18). The number of hydrogen-bond donors (Lipinski definition) is 1. The van der Waals surface area contributed by atoms with Gasteiger partial charge < -0.3 is 10.0 Å². The van der Waals surface area contributed by atoms with Crippen molar-refractivity contribution < 1.29 is 14.7 Å². The van der Waals surface area contributed by atoms with Crippen LogP contribution in [0, 0.1) is 12.3 Å². The maximum absolute atomic E-state index is 12.4. The Hall–Kier alpha value is -2.03. The van der Waals surface area contributed by atoms with Gasteiger partial charge in [0.2, 0.25) is 0 Å². The first-order valence-electron chi connectivity index (χ1n) is 5.66. The number of fused-ring (bicyclic) bond motifs is 1. The van der Waals surface area contributed by atoms with Gasteiger partial charge in [0.05, 0.1) is 11.6 Å². The maximum atomic E-state index is 12.4. The molecule has 0 saturated carbocycles. The maximum Gasteiger partial charge on any atom is 0.323 e. The summed E-state index contributed by atoms with van der Waals surface area (Å²) in [5, 5.41) is 9.94. The van der Waals surface area contributed by atoms with Crippen LogP contribution in [0.1, 0.15) is 9.67 Å². The number of carboxylic acid groups (broad SMARTS) is 1. The molecule has 0 aliphatic carbocycles. The molecule has 0 aliphatic heterocycles. The molecule has 1 N–H and O–H groups in total. The lowest BCUT2D eigenvalue weighted by molar-refractivity contribution is -0.137. The average molecular weight is 308 g/mol. The van der Waals surface area contributed by atoms with Gasteiger partial charge in [-0.25, -0.2) is 0 Å². The number of hydrogen-bond acceptors (Lipinski definition) is 3. The Morgan fingerprint density at radius 3 is 2.70 bits per heavy atom. The summed E-state index contributed by atoms with van der Waals surface area (Å²) < 4.78 is 0.872. The van der Waals surface area contributed by atoms with Crippen LogP contribution in [0.4, 0.5) is 0 Å². The minimum absolute atomic E-state index is 0.0737. The van der Waals surface area contributed by atoms with Crippen LogP contribution in [0.5, 0.6) is 0 Å². The lowest BCUT2D eigenvalue weighted by atomic mass is 10.2. The summed E-state index contributed by atoms with van der Waals surface area (Å²) in [6.45, 7) is -0.524. The quantitative estimate of drug-likeness (QED) is 0.884. The van der Waals surface area contributed by atoms with E-state index in [-0.39, 0.29) is 6.54 Å². The molecule has 0 fully saturated rings. The molecule has 1 amide bonds. The van der Waals surface area contributed by atoms with Crippen molar-refractivity contribution in [3.63, 3.8) is 0 Å². The third kappa shape index (κ3) is 2.77. The molecular formula is C14H10ClNO3S. The van der Waals surface area contributed by atoms with E-state index >= 15 is 0 Å². The second-order valence-electron chi connectivity index (χ2n) is 4.00. The highest BCUT2D eigenvalue weighted by atomic mass is 35.5. The molecule has 1 aromatic heterocycles. The number of aliphatic carboxylic acids is 1. The molecule has 102 valence electrons. The molecule has 0 bridgehead atoms. The number of amides is 1. The number of halogens is 1. The summed E-state index contributed by atoms with van der Waals surface area (Å²) in [4.78, 5) is 24.5. The predicted molar refractivity (Wildman–Crippen MR) is 79.2 cm³/mol. The lowest BCUT2D eigenvalue weighted by Gasteiger charge is -2.16. The summed E-state index contributed by atoms with van der Waals surface area (Å²) in [5.41, 5.74) is 0. The zero-order valence-electron chi connectivity index (χ0n) is 10.3. The molecule has 0 unspecified atom stereocenters. The third-order valence-electron chi connectivity index (χ3n) is 2.62. The van der Waals surface area contributed by atoms with E-state index in [0.29, 0.717) is 9.90 Å². The largest absolute Gasteiger partial charge is 0.480 e. The van der Waals surface area contributed by atoms with Gasteiger partial charge in [-0.1, -0.05) is 35.7 Å². The van der Waals surface area contributed by atoms with E-state index < -0.39 is 18.4 Å². The van der Waals surface area contributed by atoms with Gasteiger partial charge in [0.15, 0.2) is 0 Å². The van der Waals surface area contributed by atoms with Crippen molar-refractivity contribution in [2.24, 2.45) is 0 Å². The number of carbonyl (C=O) groups is 2. The van der Waals surface area contributed by atoms with Gasteiger partial charge in [-0.15, -0.1) is 17.8 Å². The van der Waals surface area contributed by atoms with E-state index in [1.165, 1.54) is 11.3 Å². The Morgan fingerprint density at radius 1 is 1.40 bits per heavy atom. The van der Waals surface area contributed by atoms with Crippen molar-refractivity contribution >= 4 is 44.9 Å².